The van der Waals surface area contributed by atoms with E-state index in [9.17, 15) is 4.79 Å². The van der Waals surface area contributed by atoms with E-state index in [1.165, 1.54) is 54.0 Å². The van der Waals surface area contributed by atoms with Crippen LogP contribution in [-0.2, 0) is 25.8 Å². The summed E-state index contributed by atoms with van der Waals surface area (Å²) in [7, 11) is 0. The van der Waals surface area contributed by atoms with Crippen molar-refractivity contribution in [2.24, 2.45) is 0 Å². The molecule has 30 heavy (non-hydrogen) atoms. The molecule has 0 spiro atoms. The molecular formula is C28H34O2. The second kappa shape index (κ2) is 7.41. The second-order valence-electron chi connectivity index (χ2n) is 10.3. The third-order valence-electron chi connectivity index (χ3n) is 7.29. The third kappa shape index (κ3) is 3.73. The van der Waals surface area contributed by atoms with E-state index >= 15 is 0 Å². The highest BCUT2D eigenvalue weighted by molar-refractivity contribution is 5.87. The lowest BCUT2D eigenvalue weighted by Crippen LogP contribution is -2.34. The van der Waals surface area contributed by atoms with Crippen LogP contribution in [0, 0.1) is 0 Å². The van der Waals surface area contributed by atoms with Crippen molar-refractivity contribution in [2.45, 2.75) is 76.5 Å². The first-order valence-corrected chi connectivity index (χ1v) is 11.3. The van der Waals surface area contributed by atoms with Crippen LogP contribution in [-0.4, -0.2) is 12.6 Å². The summed E-state index contributed by atoms with van der Waals surface area (Å²) in [5, 5.41) is 0. The first-order valence-electron chi connectivity index (χ1n) is 11.3. The van der Waals surface area contributed by atoms with E-state index in [1.807, 2.05) is 19.1 Å². The van der Waals surface area contributed by atoms with E-state index < -0.39 is 0 Å². The molecule has 0 amide bonds. The average molecular weight is 403 g/mol. The highest BCUT2D eigenvalue weighted by atomic mass is 16.5. The lowest BCUT2D eigenvalue weighted by Gasteiger charge is -2.42. The Bertz CT molecular complexity index is 989. The molecule has 158 valence electrons. The zero-order valence-corrected chi connectivity index (χ0v) is 19.0. The Morgan fingerprint density at radius 2 is 1.57 bits per heavy atom. The fraction of sp³-hybridized carbons (Fsp3) is 0.464. The SMILES string of the molecule is CCOC(=O)/C=C/c1cccc(C2(c3ccc4c(c3)C(C)(C)CCC4(C)C)CC2)c1. The molecule has 0 bridgehead atoms. The molecule has 1 fully saturated rings. The van der Waals surface area contributed by atoms with Crippen molar-refractivity contribution >= 4 is 12.0 Å². The van der Waals surface area contributed by atoms with Crippen molar-refractivity contribution in [3.8, 4) is 0 Å². The van der Waals surface area contributed by atoms with Gasteiger partial charge in [0.2, 0.25) is 0 Å². The lowest BCUT2D eigenvalue weighted by atomic mass is 9.62. The van der Waals surface area contributed by atoms with Crippen molar-refractivity contribution in [2.75, 3.05) is 6.61 Å². The van der Waals surface area contributed by atoms with Gasteiger partial charge in [0.1, 0.15) is 0 Å². The van der Waals surface area contributed by atoms with Gasteiger partial charge in [-0.25, -0.2) is 4.79 Å². The van der Waals surface area contributed by atoms with Crippen LogP contribution in [0.5, 0.6) is 0 Å². The van der Waals surface area contributed by atoms with E-state index in [-0.39, 0.29) is 22.2 Å². The summed E-state index contributed by atoms with van der Waals surface area (Å²) >= 11 is 0. The van der Waals surface area contributed by atoms with Gasteiger partial charge in [0, 0.05) is 11.5 Å². The Hall–Kier alpha value is -2.35. The van der Waals surface area contributed by atoms with Crippen LogP contribution in [0.15, 0.2) is 48.5 Å². The average Bonchev–Trinajstić information content (AvgIpc) is 3.52. The number of hydrogen-bond acceptors (Lipinski definition) is 2. The normalized spacial score (nSPS) is 20.6. The van der Waals surface area contributed by atoms with Crippen LogP contribution in [0.4, 0.5) is 0 Å². The molecule has 0 atom stereocenters. The van der Waals surface area contributed by atoms with Crippen molar-refractivity contribution < 1.29 is 9.53 Å². The summed E-state index contributed by atoms with van der Waals surface area (Å²) in [5.74, 6) is -0.288. The summed E-state index contributed by atoms with van der Waals surface area (Å²) in [6.45, 7) is 11.8. The van der Waals surface area contributed by atoms with Crippen molar-refractivity contribution in [3.63, 3.8) is 0 Å². The molecule has 2 heteroatoms. The number of benzene rings is 2. The molecule has 2 aromatic rings. The topological polar surface area (TPSA) is 26.3 Å². The van der Waals surface area contributed by atoms with Crippen LogP contribution in [0.3, 0.4) is 0 Å². The third-order valence-corrected chi connectivity index (χ3v) is 7.29. The van der Waals surface area contributed by atoms with E-state index in [0.29, 0.717) is 6.61 Å². The van der Waals surface area contributed by atoms with Gasteiger partial charge in [0.25, 0.3) is 0 Å². The molecule has 1 saturated carbocycles. The molecular weight excluding hydrogens is 368 g/mol. The molecule has 0 N–H and O–H groups in total. The van der Waals surface area contributed by atoms with Gasteiger partial charge < -0.3 is 4.74 Å². The van der Waals surface area contributed by atoms with Gasteiger partial charge in [-0.3, -0.25) is 0 Å². The van der Waals surface area contributed by atoms with Gasteiger partial charge in [-0.1, -0.05) is 70.2 Å². The Morgan fingerprint density at radius 3 is 2.23 bits per heavy atom. The monoisotopic (exact) mass is 402 g/mol. The standard InChI is InChI=1S/C28H34O2/c1-6-30-25(29)13-10-20-8-7-9-21(18-20)28(16-17-28)22-11-12-23-24(19-22)27(4,5)15-14-26(23,2)3/h7-13,18-19H,6,14-17H2,1-5H3/b13-10+. The number of hydrogen-bond donors (Lipinski definition) is 0. The fourth-order valence-electron chi connectivity index (χ4n) is 5.05. The molecule has 0 saturated heterocycles. The highest BCUT2D eigenvalue weighted by Gasteiger charge is 2.47. The van der Waals surface area contributed by atoms with Crippen LogP contribution in [0.2, 0.25) is 0 Å². The van der Waals surface area contributed by atoms with Gasteiger partial charge >= 0.3 is 5.97 Å². The first-order chi connectivity index (χ1) is 14.2. The number of esters is 1. The number of fused-ring (bicyclic) bond motifs is 1. The number of carbonyl (C=O) groups excluding carboxylic acids is 1. The van der Waals surface area contributed by atoms with Gasteiger partial charge in [-0.2, -0.15) is 0 Å². The maximum Gasteiger partial charge on any atom is 0.330 e. The second-order valence-corrected chi connectivity index (χ2v) is 10.3. The van der Waals surface area contributed by atoms with Crippen molar-refractivity contribution in [1.82, 2.24) is 0 Å². The summed E-state index contributed by atoms with van der Waals surface area (Å²) < 4.78 is 5.01. The molecule has 0 aliphatic heterocycles. The van der Waals surface area contributed by atoms with Crippen LogP contribution >= 0.6 is 0 Å². The Balaban J connectivity index is 1.69. The Morgan fingerprint density at radius 1 is 0.900 bits per heavy atom. The minimum absolute atomic E-state index is 0.112. The maximum atomic E-state index is 11.7. The largest absolute Gasteiger partial charge is 0.463 e. The lowest BCUT2D eigenvalue weighted by molar-refractivity contribution is -0.137. The Labute approximate surface area is 181 Å². The molecule has 2 aliphatic rings. The highest BCUT2D eigenvalue weighted by Crippen LogP contribution is 2.55. The predicted octanol–water partition coefficient (Wildman–Crippen LogP) is 6.69. The van der Waals surface area contributed by atoms with Gasteiger partial charge in [-0.15, -0.1) is 0 Å². The van der Waals surface area contributed by atoms with Gasteiger partial charge in [0.05, 0.1) is 6.61 Å². The molecule has 4 rings (SSSR count). The Kier molecular flexibility index (Phi) is 5.16. The number of rotatable bonds is 5. The van der Waals surface area contributed by atoms with Gasteiger partial charge in [0.15, 0.2) is 0 Å². The van der Waals surface area contributed by atoms with E-state index in [2.05, 4.69) is 64.1 Å². The molecule has 2 aliphatic carbocycles. The van der Waals surface area contributed by atoms with Crippen molar-refractivity contribution in [1.29, 1.82) is 0 Å². The molecule has 2 nitrogen and oxygen atoms in total. The zero-order valence-electron chi connectivity index (χ0n) is 19.0. The molecule has 0 unspecified atom stereocenters. The summed E-state index contributed by atoms with van der Waals surface area (Å²) in [6.07, 6.45) is 8.22. The summed E-state index contributed by atoms with van der Waals surface area (Å²) in [5.41, 5.74) is 7.47. The predicted molar refractivity (Wildman–Crippen MR) is 124 cm³/mol. The quantitative estimate of drug-likeness (QED) is 0.411. The van der Waals surface area contributed by atoms with Crippen LogP contribution in [0.1, 0.15) is 88.1 Å². The molecule has 2 aromatic carbocycles. The van der Waals surface area contributed by atoms with Gasteiger partial charge in [-0.05, 0) is 77.3 Å². The van der Waals surface area contributed by atoms with Crippen LogP contribution < -0.4 is 0 Å². The number of ether oxygens (including phenoxy) is 1. The van der Waals surface area contributed by atoms with Crippen LogP contribution in [0.25, 0.3) is 6.08 Å². The minimum Gasteiger partial charge on any atom is -0.463 e. The fourth-order valence-corrected chi connectivity index (χ4v) is 5.05. The molecule has 0 radical (unpaired) electrons. The molecule has 0 aromatic heterocycles. The molecule has 0 heterocycles. The van der Waals surface area contributed by atoms with E-state index in [4.69, 9.17) is 4.74 Å². The minimum atomic E-state index is -0.288. The smallest absolute Gasteiger partial charge is 0.330 e. The van der Waals surface area contributed by atoms with E-state index in [1.54, 1.807) is 0 Å². The van der Waals surface area contributed by atoms with E-state index in [0.717, 1.165) is 5.56 Å². The summed E-state index contributed by atoms with van der Waals surface area (Å²) in [4.78, 5) is 11.7. The number of carbonyl (C=O) groups is 1. The zero-order chi connectivity index (χ0) is 21.6. The van der Waals surface area contributed by atoms with Crippen molar-refractivity contribution in [3.05, 3.63) is 76.4 Å². The summed E-state index contributed by atoms with van der Waals surface area (Å²) in [6, 6.07) is 15.9. The first kappa shape index (κ1) is 20.9. The maximum absolute atomic E-state index is 11.7.